The van der Waals surface area contributed by atoms with Crippen LogP contribution in [0.1, 0.15) is 252 Å². The summed E-state index contributed by atoms with van der Waals surface area (Å²) in [5.41, 5.74) is 0. The number of carbonyl (C=O) groups is 3. The van der Waals surface area contributed by atoms with E-state index in [4.69, 9.17) is 14.2 Å². The van der Waals surface area contributed by atoms with Gasteiger partial charge in [0.05, 0.1) is 0 Å². The summed E-state index contributed by atoms with van der Waals surface area (Å²) in [5, 5.41) is 0. The van der Waals surface area contributed by atoms with E-state index in [0.717, 1.165) is 122 Å². The third-order valence-electron chi connectivity index (χ3n) is 11.4. The first-order chi connectivity index (χ1) is 32.0. The summed E-state index contributed by atoms with van der Waals surface area (Å²) in [5.74, 6) is -0.952. The average Bonchev–Trinajstić information content (AvgIpc) is 3.30. The summed E-state index contributed by atoms with van der Waals surface area (Å²) >= 11 is 0. The summed E-state index contributed by atoms with van der Waals surface area (Å²) in [6.07, 6.45) is 68.6. The highest BCUT2D eigenvalue weighted by molar-refractivity contribution is 5.71. The number of carbonyl (C=O) groups excluding carboxylic acids is 3. The van der Waals surface area contributed by atoms with Gasteiger partial charge in [-0.25, -0.2) is 0 Å². The van der Waals surface area contributed by atoms with Crippen LogP contribution >= 0.6 is 0 Å². The van der Waals surface area contributed by atoms with Gasteiger partial charge in [-0.1, -0.05) is 228 Å². The van der Waals surface area contributed by atoms with Gasteiger partial charge in [-0.05, 0) is 89.9 Å². The second-order valence-corrected chi connectivity index (χ2v) is 17.7. The maximum Gasteiger partial charge on any atom is 0.306 e. The molecule has 6 heteroatoms. The van der Waals surface area contributed by atoms with E-state index in [1.165, 1.54) is 89.9 Å². The van der Waals surface area contributed by atoms with E-state index >= 15 is 0 Å². The number of hydrogen-bond donors (Lipinski definition) is 0. The second-order valence-electron chi connectivity index (χ2n) is 17.7. The quantitative estimate of drug-likeness (QED) is 0.0262. The molecule has 0 saturated heterocycles. The van der Waals surface area contributed by atoms with Crippen molar-refractivity contribution in [2.75, 3.05) is 13.2 Å². The molecule has 0 aromatic rings. The molecule has 0 aliphatic heterocycles. The third-order valence-corrected chi connectivity index (χ3v) is 11.4. The average molecular weight is 905 g/mol. The summed E-state index contributed by atoms with van der Waals surface area (Å²) in [6, 6.07) is 0. The van der Waals surface area contributed by atoms with Gasteiger partial charge in [0.15, 0.2) is 6.10 Å². The SMILES string of the molecule is CC/C=C\C/C=C\C/C=C\C/C=C\CCCCC(=O)OC[C@H](COC(=O)CCCCCCCCCCCCCCCCCCC)OC(=O)CCCCCCC/C=C\C/C=C\C/C=C\CC. The monoisotopic (exact) mass is 905 g/mol. The maximum atomic E-state index is 12.8. The predicted octanol–water partition coefficient (Wildman–Crippen LogP) is 18.0. The highest BCUT2D eigenvalue weighted by Crippen LogP contribution is 2.15. The van der Waals surface area contributed by atoms with Crippen molar-refractivity contribution in [3.05, 3.63) is 85.1 Å². The van der Waals surface area contributed by atoms with Crippen LogP contribution in [0.2, 0.25) is 0 Å². The minimum Gasteiger partial charge on any atom is -0.462 e. The van der Waals surface area contributed by atoms with Crippen LogP contribution in [-0.2, 0) is 28.6 Å². The maximum absolute atomic E-state index is 12.8. The van der Waals surface area contributed by atoms with Gasteiger partial charge in [0.1, 0.15) is 13.2 Å². The lowest BCUT2D eigenvalue weighted by Crippen LogP contribution is -2.30. The topological polar surface area (TPSA) is 78.9 Å². The fraction of sp³-hybridized carbons (Fsp3) is 0.712. The molecule has 0 saturated carbocycles. The predicted molar refractivity (Wildman–Crippen MR) is 279 cm³/mol. The molecule has 0 aromatic heterocycles. The van der Waals surface area contributed by atoms with E-state index in [2.05, 4.69) is 106 Å². The summed E-state index contributed by atoms with van der Waals surface area (Å²) < 4.78 is 16.8. The Morgan fingerprint density at radius 3 is 0.969 bits per heavy atom. The van der Waals surface area contributed by atoms with E-state index in [-0.39, 0.29) is 31.1 Å². The van der Waals surface area contributed by atoms with Gasteiger partial charge in [0, 0.05) is 19.3 Å². The molecule has 0 aliphatic carbocycles. The van der Waals surface area contributed by atoms with Crippen LogP contribution in [0.15, 0.2) is 85.1 Å². The first kappa shape index (κ1) is 61.6. The van der Waals surface area contributed by atoms with Crippen molar-refractivity contribution in [1.82, 2.24) is 0 Å². The number of esters is 3. The van der Waals surface area contributed by atoms with Crippen LogP contribution in [-0.4, -0.2) is 37.2 Å². The minimum atomic E-state index is -0.801. The van der Waals surface area contributed by atoms with Crippen LogP contribution < -0.4 is 0 Å². The summed E-state index contributed by atoms with van der Waals surface area (Å²) in [6.45, 7) is 6.37. The molecule has 0 aliphatic rings. The molecule has 0 rings (SSSR count). The Kier molecular flexibility index (Phi) is 50.4. The zero-order valence-electron chi connectivity index (χ0n) is 42.5. The first-order valence-electron chi connectivity index (χ1n) is 27.1. The van der Waals surface area contributed by atoms with Gasteiger partial charge in [0.25, 0.3) is 0 Å². The third kappa shape index (κ3) is 51.4. The molecule has 372 valence electrons. The van der Waals surface area contributed by atoms with Gasteiger partial charge in [-0.15, -0.1) is 0 Å². The van der Waals surface area contributed by atoms with E-state index < -0.39 is 6.10 Å². The number of rotatable bonds is 48. The Hall–Kier alpha value is -3.41. The first-order valence-corrected chi connectivity index (χ1v) is 27.1. The summed E-state index contributed by atoms with van der Waals surface area (Å²) in [4.78, 5) is 38.1. The van der Waals surface area contributed by atoms with Crippen molar-refractivity contribution < 1.29 is 28.6 Å². The number of hydrogen-bond acceptors (Lipinski definition) is 6. The number of ether oxygens (including phenoxy) is 3. The zero-order valence-corrected chi connectivity index (χ0v) is 42.5. The lowest BCUT2D eigenvalue weighted by molar-refractivity contribution is -0.167. The highest BCUT2D eigenvalue weighted by atomic mass is 16.6. The number of allylic oxidation sites excluding steroid dienone is 14. The molecule has 0 spiro atoms. The Balaban J connectivity index is 4.45. The Labute approximate surface area is 401 Å². The fourth-order valence-corrected chi connectivity index (χ4v) is 7.39. The minimum absolute atomic E-state index is 0.0954. The molecule has 0 radical (unpaired) electrons. The van der Waals surface area contributed by atoms with E-state index in [1.807, 2.05) is 0 Å². The molecular weight excluding hydrogens is 805 g/mol. The molecule has 0 heterocycles. The molecular formula is C59H100O6. The van der Waals surface area contributed by atoms with Gasteiger partial charge in [-0.2, -0.15) is 0 Å². The lowest BCUT2D eigenvalue weighted by Gasteiger charge is -2.18. The fourth-order valence-electron chi connectivity index (χ4n) is 7.39. The molecule has 0 unspecified atom stereocenters. The second kappa shape index (κ2) is 53.2. The van der Waals surface area contributed by atoms with E-state index in [0.29, 0.717) is 19.3 Å². The largest absolute Gasteiger partial charge is 0.462 e. The van der Waals surface area contributed by atoms with Crippen LogP contribution in [0.25, 0.3) is 0 Å². The molecule has 6 nitrogen and oxygen atoms in total. The summed E-state index contributed by atoms with van der Waals surface area (Å²) in [7, 11) is 0. The Morgan fingerprint density at radius 2 is 0.600 bits per heavy atom. The molecule has 0 N–H and O–H groups in total. The highest BCUT2D eigenvalue weighted by Gasteiger charge is 2.19. The molecule has 1 atom stereocenters. The van der Waals surface area contributed by atoms with E-state index in [9.17, 15) is 14.4 Å². The van der Waals surface area contributed by atoms with Gasteiger partial charge in [-0.3, -0.25) is 14.4 Å². The van der Waals surface area contributed by atoms with Crippen LogP contribution in [0.3, 0.4) is 0 Å². The van der Waals surface area contributed by atoms with Crippen LogP contribution in [0.5, 0.6) is 0 Å². The lowest BCUT2D eigenvalue weighted by atomic mass is 10.0. The Bertz CT molecular complexity index is 1270. The van der Waals surface area contributed by atoms with Crippen molar-refractivity contribution in [2.45, 2.75) is 258 Å². The molecule has 65 heavy (non-hydrogen) atoms. The molecule has 0 aromatic carbocycles. The van der Waals surface area contributed by atoms with Crippen molar-refractivity contribution >= 4 is 17.9 Å². The van der Waals surface area contributed by atoms with Crippen molar-refractivity contribution in [2.24, 2.45) is 0 Å². The van der Waals surface area contributed by atoms with E-state index in [1.54, 1.807) is 0 Å². The zero-order chi connectivity index (χ0) is 47.2. The Morgan fingerprint density at radius 1 is 0.323 bits per heavy atom. The van der Waals surface area contributed by atoms with Crippen molar-refractivity contribution in [3.8, 4) is 0 Å². The normalized spacial score (nSPS) is 12.7. The number of unbranched alkanes of at least 4 members (excludes halogenated alkanes) is 23. The molecule has 0 bridgehead atoms. The molecule has 0 amide bonds. The van der Waals surface area contributed by atoms with Gasteiger partial charge >= 0.3 is 17.9 Å². The van der Waals surface area contributed by atoms with Gasteiger partial charge in [0.2, 0.25) is 0 Å². The van der Waals surface area contributed by atoms with Crippen molar-refractivity contribution in [3.63, 3.8) is 0 Å². The van der Waals surface area contributed by atoms with Gasteiger partial charge < -0.3 is 14.2 Å². The van der Waals surface area contributed by atoms with Crippen LogP contribution in [0.4, 0.5) is 0 Å². The van der Waals surface area contributed by atoms with Crippen molar-refractivity contribution in [1.29, 1.82) is 0 Å². The standard InChI is InChI=1S/C59H100O6/c1-4-7-10-13-16-19-22-25-28-29-32-34-37-40-43-46-49-52-58(61)64-55-56(65-59(62)53-50-47-44-41-38-35-31-27-24-21-18-15-12-9-6-3)54-63-57(60)51-48-45-42-39-36-33-30-26-23-20-17-14-11-8-5-2/h8-9,11-12,17-18,20-21,26-27,30-31,36,39,56H,4-7,10,13-16,19,22-25,28-29,32-35,37-38,40-55H2,1-3H3/b11-8-,12-9-,20-17-,21-18-,30-26-,31-27-,39-36-/t56-/m1/s1. The van der Waals surface area contributed by atoms with Crippen LogP contribution in [0, 0.1) is 0 Å². The smallest absolute Gasteiger partial charge is 0.306 e. The molecule has 0 fully saturated rings.